The van der Waals surface area contributed by atoms with Crippen molar-refractivity contribution in [3.63, 3.8) is 0 Å². The lowest BCUT2D eigenvalue weighted by atomic mass is 10.1. The molecule has 0 bridgehead atoms. The fourth-order valence-corrected chi connectivity index (χ4v) is 2.65. The smallest absolute Gasteiger partial charge is 0.118 e. The maximum absolute atomic E-state index is 5.74. The first kappa shape index (κ1) is 14.5. The molecule has 0 unspecified atom stereocenters. The Bertz CT molecular complexity index is 808. The van der Waals surface area contributed by atoms with E-state index in [1.807, 2.05) is 48.5 Å². The van der Waals surface area contributed by atoms with Gasteiger partial charge in [-0.25, -0.2) is 4.98 Å². The highest BCUT2D eigenvalue weighted by molar-refractivity contribution is 7.80. The standard InChI is InChI=1S/C17H17N3OS/c1-21-13-8-6-12(7-9-13)10-17-19-14-4-2-3-5-15(14)20(17)11-16(18)22/h2-9H,10-11H2,1H3,(H2,18,22). The van der Waals surface area contributed by atoms with Crippen molar-refractivity contribution in [2.75, 3.05) is 7.11 Å². The molecule has 3 aromatic rings. The fraction of sp³-hybridized carbons (Fsp3) is 0.176. The Morgan fingerprint density at radius 3 is 2.59 bits per heavy atom. The van der Waals surface area contributed by atoms with E-state index in [4.69, 9.17) is 27.7 Å². The summed E-state index contributed by atoms with van der Waals surface area (Å²) in [6, 6.07) is 16.0. The molecule has 5 heteroatoms. The first-order valence-corrected chi connectivity index (χ1v) is 7.43. The van der Waals surface area contributed by atoms with Crippen LogP contribution in [0, 0.1) is 0 Å². The number of imidazole rings is 1. The number of rotatable bonds is 5. The summed E-state index contributed by atoms with van der Waals surface area (Å²) in [5, 5.41) is 0. The minimum atomic E-state index is 0.458. The van der Waals surface area contributed by atoms with Crippen molar-refractivity contribution < 1.29 is 4.74 Å². The highest BCUT2D eigenvalue weighted by atomic mass is 32.1. The van der Waals surface area contributed by atoms with Gasteiger partial charge in [0.1, 0.15) is 11.6 Å². The summed E-state index contributed by atoms with van der Waals surface area (Å²) in [7, 11) is 1.66. The Labute approximate surface area is 134 Å². The molecule has 0 fully saturated rings. The van der Waals surface area contributed by atoms with E-state index >= 15 is 0 Å². The fourth-order valence-electron chi connectivity index (χ4n) is 2.52. The minimum Gasteiger partial charge on any atom is -0.497 e. The van der Waals surface area contributed by atoms with Crippen LogP contribution in [0.2, 0.25) is 0 Å². The SMILES string of the molecule is COc1ccc(Cc2nc3ccccc3n2CC(N)=S)cc1. The molecule has 112 valence electrons. The monoisotopic (exact) mass is 311 g/mol. The van der Waals surface area contributed by atoms with Gasteiger partial charge in [0.15, 0.2) is 0 Å². The number of ether oxygens (including phenoxy) is 1. The van der Waals surface area contributed by atoms with Gasteiger partial charge < -0.3 is 15.0 Å². The van der Waals surface area contributed by atoms with Gasteiger partial charge in [-0.1, -0.05) is 36.5 Å². The molecule has 0 amide bonds. The van der Waals surface area contributed by atoms with Gasteiger partial charge in [-0.15, -0.1) is 0 Å². The van der Waals surface area contributed by atoms with Gasteiger partial charge in [-0.3, -0.25) is 0 Å². The summed E-state index contributed by atoms with van der Waals surface area (Å²) in [4.78, 5) is 5.18. The van der Waals surface area contributed by atoms with E-state index in [0.29, 0.717) is 11.5 Å². The lowest BCUT2D eigenvalue weighted by molar-refractivity contribution is 0.414. The van der Waals surface area contributed by atoms with Gasteiger partial charge in [-0.05, 0) is 29.8 Å². The van der Waals surface area contributed by atoms with Crippen LogP contribution in [0.1, 0.15) is 11.4 Å². The maximum atomic E-state index is 5.74. The van der Waals surface area contributed by atoms with E-state index in [2.05, 4.69) is 4.57 Å². The van der Waals surface area contributed by atoms with Crippen molar-refractivity contribution in [1.29, 1.82) is 0 Å². The number of hydrogen-bond donors (Lipinski definition) is 1. The molecule has 0 atom stereocenters. The van der Waals surface area contributed by atoms with E-state index in [1.54, 1.807) is 7.11 Å². The zero-order valence-corrected chi connectivity index (χ0v) is 13.1. The highest BCUT2D eigenvalue weighted by Crippen LogP contribution is 2.20. The number of thiocarbonyl (C=S) groups is 1. The second-order valence-electron chi connectivity index (χ2n) is 5.09. The van der Waals surface area contributed by atoms with E-state index in [9.17, 15) is 0 Å². The largest absolute Gasteiger partial charge is 0.497 e. The Hall–Kier alpha value is -2.40. The molecule has 22 heavy (non-hydrogen) atoms. The second kappa shape index (κ2) is 6.15. The number of hydrogen-bond acceptors (Lipinski definition) is 3. The second-order valence-corrected chi connectivity index (χ2v) is 5.62. The van der Waals surface area contributed by atoms with Crippen LogP contribution in [-0.2, 0) is 13.0 Å². The van der Waals surface area contributed by atoms with Crippen LogP contribution >= 0.6 is 12.2 Å². The third-order valence-corrected chi connectivity index (χ3v) is 3.70. The summed E-state index contributed by atoms with van der Waals surface area (Å²) < 4.78 is 7.27. The molecular weight excluding hydrogens is 294 g/mol. The van der Waals surface area contributed by atoms with Crippen molar-refractivity contribution in [2.24, 2.45) is 5.73 Å². The maximum Gasteiger partial charge on any atom is 0.118 e. The van der Waals surface area contributed by atoms with E-state index in [0.717, 1.165) is 29.0 Å². The van der Waals surface area contributed by atoms with Crippen LogP contribution in [0.25, 0.3) is 11.0 Å². The molecular formula is C17H17N3OS. The number of nitrogens with zero attached hydrogens (tertiary/aromatic N) is 2. The predicted octanol–water partition coefficient (Wildman–Crippen LogP) is 2.92. The third-order valence-electron chi connectivity index (χ3n) is 3.57. The van der Waals surface area contributed by atoms with Crippen molar-refractivity contribution in [2.45, 2.75) is 13.0 Å². The van der Waals surface area contributed by atoms with Gasteiger partial charge in [0, 0.05) is 6.42 Å². The van der Waals surface area contributed by atoms with E-state index in [-0.39, 0.29) is 0 Å². The quantitative estimate of drug-likeness (QED) is 0.736. The van der Waals surface area contributed by atoms with Crippen LogP contribution in [0.15, 0.2) is 48.5 Å². The lowest BCUT2D eigenvalue weighted by Gasteiger charge is -2.08. The number of nitrogens with two attached hydrogens (primary N) is 1. The molecule has 0 aliphatic heterocycles. The first-order chi connectivity index (χ1) is 10.7. The number of fused-ring (bicyclic) bond motifs is 1. The topological polar surface area (TPSA) is 53.1 Å². The third kappa shape index (κ3) is 2.94. The Balaban J connectivity index is 1.99. The number of aromatic nitrogens is 2. The van der Waals surface area contributed by atoms with Gasteiger partial charge in [-0.2, -0.15) is 0 Å². The number of para-hydroxylation sites is 2. The lowest BCUT2D eigenvalue weighted by Crippen LogP contribution is -2.18. The zero-order valence-electron chi connectivity index (χ0n) is 12.3. The predicted molar refractivity (Wildman–Crippen MR) is 92.3 cm³/mol. The van der Waals surface area contributed by atoms with E-state index < -0.39 is 0 Å². The normalized spacial score (nSPS) is 10.8. The average Bonchev–Trinajstić information content (AvgIpc) is 2.85. The molecule has 0 saturated carbocycles. The van der Waals surface area contributed by atoms with Crippen LogP contribution in [-0.4, -0.2) is 21.6 Å². The van der Waals surface area contributed by atoms with Crippen LogP contribution in [0.4, 0.5) is 0 Å². The molecule has 4 nitrogen and oxygen atoms in total. The van der Waals surface area contributed by atoms with E-state index in [1.165, 1.54) is 5.56 Å². The van der Waals surface area contributed by atoms with Crippen LogP contribution in [0.3, 0.4) is 0 Å². The first-order valence-electron chi connectivity index (χ1n) is 7.03. The Morgan fingerprint density at radius 2 is 1.91 bits per heavy atom. The Morgan fingerprint density at radius 1 is 1.18 bits per heavy atom. The van der Waals surface area contributed by atoms with Crippen molar-refractivity contribution in [3.8, 4) is 5.75 Å². The Kier molecular flexibility index (Phi) is 4.06. The molecule has 1 heterocycles. The number of methoxy groups -OCH3 is 1. The summed E-state index contributed by atoms with van der Waals surface area (Å²) >= 11 is 5.08. The van der Waals surface area contributed by atoms with Crippen molar-refractivity contribution in [1.82, 2.24) is 9.55 Å². The van der Waals surface area contributed by atoms with Gasteiger partial charge in [0.25, 0.3) is 0 Å². The summed E-state index contributed by atoms with van der Waals surface area (Å²) in [5.74, 6) is 1.81. The molecule has 3 rings (SSSR count). The molecule has 0 aliphatic carbocycles. The molecule has 1 aromatic heterocycles. The van der Waals surface area contributed by atoms with Gasteiger partial charge >= 0.3 is 0 Å². The number of benzene rings is 2. The summed E-state index contributed by atoms with van der Waals surface area (Å²) in [6.07, 6.45) is 0.723. The van der Waals surface area contributed by atoms with Crippen molar-refractivity contribution >= 4 is 28.2 Å². The zero-order chi connectivity index (χ0) is 15.5. The average molecular weight is 311 g/mol. The molecule has 0 saturated heterocycles. The molecule has 2 aromatic carbocycles. The summed E-state index contributed by atoms with van der Waals surface area (Å²) in [6.45, 7) is 0.501. The highest BCUT2D eigenvalue weighted by Gasteiger charge is 2.11. The van der Waals surface area contributed by atoms with Gasteiger partial charge in [0.05, 0.1) is 29.7 Å². The molecule has 2 N–H and O–H groups in total. The molecule has 0 radical (unpaired) electrons. The molecule has 0 aliphatic rings. The molecule has 0 spiro atoms. The van der Waals surface area contributed by atoms with Crippen molar-refractivity contribution in [3.05, 3.63) is 59.9 Å². The van der Waals surface area contributed by atoms with Gasteiger partial charge in [0.2, 0.25) is 0 Å². The minimum absolute atomic E-state index is 0.458. The summed E-state index contributed by atoms with van der Waals surface area (Å²) in [5.41, 5.74) is 8.92. The van der Waals surface area contributed by atoms with Crippen LogP contribution in [0.5, 0.6) is 5.75 Å². The van der Waals surface area contributed by atoms with Crippen LogP contribution < -0.4 is 10.5 Å².